The molecule has 0 aliphatic carbocycles. The standard InChI is InChI=1S/C11H15N3O3/c1-3-7(4-2)14-10(15)8-9(11(16)17)13-6-5-12-8/h5-7H,3-4H2,1-2H3,(H,14,15)(H,16,17). The maximum Gasteiger partial charge on any atom is 0.356 e. The predicted octanol–water partition coefficient (Wildman–Crippen LogP) is 1.09. The highest BCUT2D eigenvalue weighted by Gasteiger charge is 2.20. The molecule has 1 aromatic rings. The van der Waals surface area contributed by atoms with E-state index in [0.29, 0.717) is 0 Å². The first kappa shape index (κ1) is 13.1. The number of amides is 1. The fourth-order valence-corrected chi connectivity index (χ4v) is 1.41. The number of hydrogen-bond acceptors (Lipinski definition) is 4. The second-order valence-electron chi connectivity index (χ2n) is 3.55. The van der Waals surface area contributed by atoms with Crippen molar-refractivity contribution in [2.45, 2.75) is 32.7 Å². The number of carboxylic acid groups (broad SMARTS) is 1. The molecule has 0 atom stereocenters. The number of aromatic carboxylic acids is 1. The van der Waals surface area contributed by atoms with Crippen LogP contribution in [0.3, 0.4) is 0 Å². The molecule has 0 unspecified atom stereocenters. The van der Waals surface area contributed by atoms with Crippen LogP contribution in [0.1, 0.15) is 47.7 Å². The highest BCUT2D eigenvalue weighted by atomic mass is 16.4. The summed E-state index contributed by atoms with van der Waals surface area (Å²) in [5, 5.41) is 11.6. The van der Waals surface area contributed by atoms with Crippen molar-refractivity contribution in [1.29, 1.82) is 0 Å². The first-order valence-electron chi connectivity index (χ1n) is 5.45. The molecule has 1 amide bonds. The van der Waals surface area contributed by atoms with E-state index in [2.05, 4.69) is 15.3 Å². The summed E-state index contributed by atoms with van der Waals surface area (Å²) < 4.78 is 0. The van der Waals surface area contributed by atoms with Gasteiger partial charge in [-0.3, -0.25) is 4.79 Å². The smallest absolute Gasteiger partial charge is 0.356 e. The molecular formula is C11H15N3O3. The van der Waals surface area contributed by atoms with E-state index in [1.54, 1.807) is 0 Å². The number of rotatable bonds is 5. The van der Waals surface area contributed by atoms with E-state index in [0.717, 1.165) is 12.8 Å². The lowest BCUT2D eigenvalue weighted by molar-refractivity contribution is 0.0682. The Balaban J connectivity index is 2.92. The topological polar surface area (TPSA) is 92.2 Å². The molecule has 1 aromatic heterocycles. The van der Waals surface area contributed by atoms with Gasteiger partial charge in [0.25, 0.3) is 5.91 Å². The number of aromatic nitrogens is 2. The van der Waals surface area contributed by atoms with Gasteiger partial charge >= 0.3 is 5.97 Å². The number of carboxylic acids is 1. The summed E-state index contributed by atoms with van der Waals surface area (Å²) >= 11 is 0. The van der Waals surface area contributed by atoms with Crippen molar-refractivity contribution in [2.75, 3.05) is 0 Å². The number of carbonyl (C=O) groups excluding carboxylic acids is 1. The minimum atomic E-state index is -1.26. The molecule has 1 heterocycles. The predicted molar refractivity (Wildman–Crippen MR) is 60.8 cm³/mol. The van der Waals surface area contributed by atoms with E-state index in [9.17, 15) is 9.59 Å². The molecule has 0 fully saturated rings. The van der Waals surface area contributed by atoms with Crippen molar-refractivity contribution in [3.8, 4) is 0 Å². The fraction of sp³-hybridized carbons (Fsp3) is 0.455. The quantitative estimate of drug-likeness (QED) is 0.799. The molecule has 0 bridgehead atoms. The van der Waals surface area contributed by atoms with Gasteiger partial charge in [-0.15, -0.1) is 0 Å². The van der Waals surface area contributed by atoms with Crippen molar-refractivity contribution in [3.63, 3.8) is 0 Å². The molecule has 0 spiro atoms. The van der Waals surface area contributed by atoms with E-state index < -0.39 is 11.9 Å². The number of nitrogens with one attached hydrogen (secondary N) is 1. The SMILES string of the molecule is CCC(CC)NC(=O)c1nccnc1C(=O)O. The Morgan fingerprint density at radius 1 is 1.24 bits per heavy atom. The summed E-state index contributed by atoms with van der Waals surface area (Å²) in [6, 6.07) is 0.0196. The second-order valence-corrected chi connectivity index (χ2v) is 3.55. The zero-order chi connectivity index (χ0) is 12.8. The summed E-state index contributed by atoms with van der Waals surface area (Å²) in [4.78, 5) is 30.1. The van der Waals surface area contributed by atoms with Crippen LogP contribution >= 0.6 is 0 Å². The van der Waals surface area contributed by atoms with Crippen LogP contribution < -0.4 is 5.32 Å². The van der Waals surface area contributed by atoms with Crippen molar-refractivity contribution < 1.29 is 14.7 Å². The molecule has 0 saturated heterocycles. The Morgan fingerprint density at radius 3 is 2.24 bits per heavy atom. The first-order chi connectivity index (χ1) is 8.10. The molecule has 0 aromatic carbocycles. The summed E-state index contributed by atoms with van der Waals surface area (Å²) in [6.07, 6.45) is 4.11. The Labute approximate surface area is 99.1 Å². The Bertz CT molecular complexity index is 416. The van der Waals surface area contributed by atoms with E-state index >= 15 is 0 Å². The van der Waals surface area contributed by atoms with Gasteiger partial charge in [-0.05, 0) is 12.8 Å². The van der Waals surface area contributed by atoms with Crippen LogP contribution in [0.15, 0.2) is 12.4 Å². The van der Waals surface area contributed by atoms with Crippen molar-refractivity contribution in [2.24, 2.45) is 0 Å². The third-order valence-corrected chi connectivity index (χ3v) is 2.44. The Hall–Kier alpha value is -1.98. The van der Waals surface area contributed by atoms with Gasteiger partial charge in [-0.2, -0.15) is 0 Å². The first-order valence-corrected chi connectivity index (χ1v) is 5.45. The number of hydrogen-bond donors (Lipinski definition) is 2. The maximum absolute atomic E-state index is 11.8. The van der Waals surface area contributed by atoms with Crippen LogP contribution in [-0.2, 0) is 0 Å². The zero-order valence-corrected chi connectivity index (χ0v) is 9.80. The van der Waals surface area contributed by atoms with Crippen molar-refractivity contribution in [3.05, 3.63) is 23.8 Å². The molecule has 0 saturated carbocycles. The zero-order valence-electron chi connectivity index (χ0n) is 9.80. The lowest BCUT2D eigenvalue weighted by Crippen LogP contribution is -2.35. The van der Waals surface area contributed by atoms with Crippen LogP contribution in [0.25, 0.3) is 0 Å². The van der Waals surface area contributed by atoms with Gasteiger partial charge in [0.1, 0.15) is 0 Å². The molecule has 6 nitrogen and oxygen atoms in total. The number of carbonyl (C=O) groups is 2. The van der Waals surface area contributed by atoms with Gasteiger partial charge in [0, 0.05) is 18.4 Å². The minimum absolute atomic E-state index is 0.0196. The van der Waals surface area contributed by atoms with Gasteiger partial charge in [0.15, 0.2) is 11.4 Å². The van der Waals surface area contributed by atoms with Crippen LogP contribution in [0.5, 0.6) is 0 Å². The highest BCUT2D eigenvalue weighted by Crippen LogP contribution is 2.04. The molecule has 6 heteroatoms. The summed E-state index contributed by atoms with van der Waals surface area (Å²) in [7, 11) is 0. The van der Waals surface area contributed by atoms with E-state index in [4.69, 9.17) is 5.11 Å². The summed E-state index contributed by atoms with van der Waals surface area (Å²) in [6.45, 7) is 3.90. The molecule has 0 radical (unpaired) electrons. The van der Waals surface area contributed by atoms with Crippen LogP contribution in [0.4, 0.5) is 0 Å². The van der Waals surface area contributed by atoms with Crippen LogP contribution in [0, 0.1) is 0 Å². The van der Waals surface area contributed by atoms with E-state index in [1.165, 1.54) is 12.4 Å². The van der Waals surface area contributed by atoms with Crippen LogP contribution in [0.2, 0.25) is 0 Å². The third kappa shape index (κ3) is 3.24. The molecule has 17 heavy (non-hydrogen) atoms. The largest absolute Gasteiger partial charge is 0.476 e. The van der Waals surface area contributed by atoms with Gasteiger partial charge in [0.05, 0.1) is 0 Å². The molecule has 92 valence electrons. The van der Waals surface area contributed by atoms with Gasteiger partial charge in [-0.25, -0.2) is 14.8 Å². The summed E-state index contributed by atoms with van der Waals surface area (Å²) in [5.74, 6) is -1.75. The van der Waals surface area contributed by atoms with Gasteiger partial charge in [0.2, 0.25) is 0 Å². The lowest BCUT2D eigenvalue weighted by Gasteiger charge is -2.14. The van der Waals surface area contributed by atoms with Crippen LogP contribution in [-0.4, -0.2) is 33.0 Å². The third-order valence-electron chi connectivity index (χ3n) is 2.44. The molecule has 0 aliphatic heterocycles. The van der Waals surface area contributed by atoms with E-state index in [-0.39, 0.29) is 17.4 Å². The fourth-order valence-electron chi connectivity index (χ4n) is 1.41. The molecule has 1 rings (SSSR count). The average Bonchev–Trinajstić information content (AvgIpc) is 2.35. The average molecular weight is 237 g/mol. The van der Waals surface area contributed by atoms with Crippen molar-refractivity contribution >= 4 is 11.9 Å². The number of nitrogens with zero attached hydrogens (tertiary/aromatic N) is 2. The molecular weight excluding hydrogens is 222 g/mol. The monoisotopic (exact) mass is 237 g/mol. The van der Waals surface area contributed by atoms with E-state index in [1.807, 2.05) is 13.8 Å². The second kappa shape index (κ2) is 5.93. The highest BCUT2D eigenvalue weighted by molar-refractivity contribution is 6.02. The molecule has 2 N–H and O–H groups in total. The summed E-state index contributed by atoms with van der Waals surface area (Å²) in [5.41, 5.74) is -0.470. The molecule has 0 aliphatic rings. The lowest BCUT2D eigenvalue weighted by atomic mass is 10.1. The van der Waals surface area contributed by atoms with Gasteiger partial charge in [-0.1, -0.05) is 13.8 Å². The normalized spacial score (nSPS) is 10.3. The Kier molecular flexibility index (Phi) is 4.56. The van der Waals surface area contributed by atoms with Crippen molar-refractivity contribution in [1.82, 2.24) is 15.3 Å². The van der Waals surface area contributed by atoms with Gasteiger partial charge < -0.3 is 10.4 Å². The maximum atomic E-state index is 11.8. The minimum Gasteiger partial charge on any atom is -0.476 e. The Morgan fingerprint density at radius 2 is 1.76 bits per heavy atom.